The van der Waals surface area contributed by atoms with Gasteiger partial charge in [0.05, 0.1) is 0 Å². The molecule has 0 bridgehead atoms. The monoisotopic (exact) mass is 128 g/mol. The van der Waals surface area contributed by atoms with Crippen molar-refractivity contribution in [3.8, 4) is 0 Å². The summed E-state index contributed by atoms with van der Waals surface area (Å²) in [7, 11) is 0. The minimum absolute atomic E-state index is 0.0247. The molecule has 0 amide bonds. The molecule has 38 valence electrons. The van der Waals surface area contributed by atoms with Gasteiger partial charge in [-0.05, 0) is 0 Å². The average Bonchev–Trinajstić information content (AvgIpc) is 1.35. The van der Waals surface area contributed by atoms with Crippen molar-refractivity contribution in [3.63, 3.8) is 0 Å². The van der Waals surface area contributed by atoms with Crippen LogP contribution >= 0.6 is 12.6 Å². The summed E-state index contributed by atoms with van der Waals surface area (Å²) in [5.74, 6) is -0.0247. The molecule has 0 saturated carbocycles. The molecule has 0 heterocycles. The maximum Gasteiger partial charge on any atom is 0.302 e. The third-order valence-electron chi connectivity index (χ3n) is 0.154. The molecule has 1 N–H and O–H groups in total. The fourth-order valence-electron chi connectivity index (χ4n) is 0.0451. The first-order valence-electron chi connectivity index (χ1n) is 1.12. The van der Waals surface area contributed by atoms with Gasteiger partial charge in [-0.2, -0.15) is 4.21 Å². The normalized spacial score (nSPS) is 14.3. The Bertz CT molecular complexity index is 52.8. The number of rotatable bonds is 2. The lowest BCUT2D eigenvalue weighted by Crippen LogP contribution is -1.89. The zero-order chi connectivity index (χ0) is 4.99. The van der Waals surface area contributed by atoms with Crippen molar-refractivity contribution in [2.75, 3.05) is 5.94 Å². The molecule has 6 heavy (non-hydrogen) atoms. The van der Waals surface area contributed by atoms with E-state index < -0.39 is 11.4 Å². The first-order chi connectivity index (χ1) is 2.77. The lowest BCUT2D eigenvalue weighted by atomic mass is 11.7. The van der Waals surface area contributed by atoms with Crippen LogP contribution in [0.15, 0.2) is 0 Å². The molecule has 1 unspecified atom stereocenters. The van der Waals surface area contributed by atoms with Crippen LogP contribution in [0, 0.1) is 0 Å². The second kappa shape index (κ2) is 3.60. The van der Waals surface area contributed by atoms with Crippen molar-refractivity contribution in [2.45, 2.75) is 0 Å². The van der Waals surface area contributed by atoms with Gasteiger partial charge in [0.2, 0.25) is 0 Å². The lowest BCUT2D eigenvalue weighted by molar-refractivity contribution is 0.365. The summed E-state index contributed by atoms with van der Waals surface area (Å²) < 4.78 is 21.1. The van der Waals surface area contributed by atoms with Crippen molar-refractivity contribution in [3.05, 3.63) is 0 Å². The van der Waals surface area contributed by atoms with E-state index in [9.17, 15) is 4.21 Å². The van der Waals surface area contributed by atoms with Crippen molar-refractivity contribution in [2.24, 2.45) is 0 Å². The molecular formula is CH4O3S2. The van der Waals surface area contributed by atoms with Gasteiger partial charge in [-0.3, -0.25) is 8.74 Å². The Balaban J connectivity index is 2.83. The second-order valence-corrected chi connectivity index (χ2v) is 1.39. The summed E-state index contributed by atoms with van der Waals surface area (Å²) in [6, 6.07) is 0. The van der Waals surface area contributed by atoms with E-state index in [0.717, 1.165) is 0 Å². The minimum atomic E-state index is -2.14. The van der Waals surface area contributed by atoms with Crippen molar-refractivity contribution in [1.29, 1.82) is 0 Å². The first kappa shape index (κ1) is 6.42. The van der Waals surface area contributed by atoms with Crippen molar-refractivity contribution in [1.82, 2.24) is 0 Å². The van der Waals surface area contributed by atoms with E-state index in [1.54, 1.807) is 0 Å². The van der Waals surface area contributed by atoms with Gasteiger partial charge < -0.3 is 0 Å². The molecule has 0 radical (unpaired) electrons. The highest BCUT2D eigenvalue weighted by atomic mass is 32.2. The van der Waals surface area contributed by atoms with Gasteiger partial charge >= 0.3 is 11.4 Å². The first-order valence-corrected chi connectivity index (χ1v) is 2.79. The van der Waals surface area contributed by atoms with Gasteiger partial charge in [-0.25, -0.2) is 0 Å². The smallest absolute Gasteiger partial charge is 0.284 e. The van der Waals surface area contributed by atoms with E-state index >= 15 is 0 Å². The second-order valence-electron chi connectivity index (χ2n) is 0.464. The van der Waals surface area contributed by atoms with Crippen LogP contribution in [0.4, 0.5) is 0 Å². The fourth-order valence-corrected chi connectivity index (χ4v) is 0.406. The Hall–Kier alpha value is 0.420. The fraction of sp³-hybridized carbons (Fsp3) is 1.00. The van der Waals surface area contributed by atoms with Crippen LogP contribution in [0.1, 0.15) is 0 Å². The van der Waals surface area contributed by atoms with Gasteiger partial charge in [-0.15, -0.1) is 12.6 Å². The van der Waals surface area contributed by atoms with Crippen molar-refractivity contribution >= 4 is 24.0 Å². The van der Waals surface area contributed by atoms with Crippen LogP contribution < -0.4 is 0 Å². The summed E-state index contributed by atoms with van der Waals surface area (Å²) in [5.41, 5.74) is 0. The number of hydrogen-bond acceptors (Lipinski definition) is 3. The van der Waals surface area contributed by atoms with E-state index in [1.807, 2.05) is 0 Å². The molecule has 0 aliphatic heterocycles. The quantitative estimate of drug-likeness (QED) is 0.313. The molecule has 5 heteroatoms. The zero-order valence-electron chi connectivity index (χ0n) is 2.83. The van der Waals surface area contributed by atoms with Crippen LogP contribution in [-0.2, 0) is 15.5 Å². The van der Waals surface area contributed by atoms with Crippen LogP contribution in [0.25, 0.3) is 0 Å². The van der Waals surface area contributed by atoms with E-state index in [2.05, 4.69) is 16.8 Å². The molecule has 0 aromatic rings. The van der Waals surface area contributed by atoms with Gasteiger partial charge in [-0.1, -0.05) is 0 Å². The van der Waals surface area contributed by atoms with Gasteiger partial charge in [0.1, 0.15) is 5.94 Å². The number of thiol groups is 1. The molecule has 0 fully saturated rings. The van der Waals surface area contributed by atoms with Crippen molar-refractivity contribution < 1.29 is 12.9 Å². The zero-order valence-corrected chi connectivity index (χ0v) is 4.54. The maximum atomic E-state index is 9.44. The Morgan fingerprint density at radius 1 is 2.00 bits per heavy atom. The van der Waals surface area contributed by atoms with E-state index in [1.165, 1.54) is 0 Å². The van der Waals surface area contributed by atoms with Crippen LogP contribution in [0.3, 0.4) is 0 Å². The van der Waals surface area contributed by atoms with Crippen LogP contribution in [0.5, 0.6) is 0 Å². The van der Waals surface area contributed by atoms with Crippen LogP contribution in [-0.4, -0.2) is 14.7 Å². The summed E-state index contributed by atoms with van der Waals surface area (Å²) in [6.45, 7) is 0. The Morgan fingerprint density at radius 3 is 2.50 bits per heavy atom. The largest absolute Gasteiger partial charge is 0.302 e. The molecule has 0 aromatic carbocycles. The molecule has 0 aromatic heterocycles. The standard InChI is InChI=1S/CH4O3S2/c2-6(3)4-1-5/h5H,1H2,(H,2,3). The van der Waals surface area contributed by atoms with E-state index in [-0.39, 0.29) is 5.94 Å². The third-order valence-corrected chi connectivity index (χ3v) is 0.777. The molecule has 0 aliphatic rings. The molecular weight excluding hydrogens is 124 g/mol. The van der Waals surface area contributed by atoms with Crippen LogP contribution in [0.2, 0.25) is 0 Å². The maximum absolute atomic E-state index is 9.44. The van der Waals surface area contributed by atoms with E-state index in [0.29, 0.717) is 0 Å². The topological polar surface area (TPSA) is 46.5 Å². The molecule has 0 spiro atoms. The summed E-state index contributed by atoms with van der Waals surface area (Å²) >= 11 is 1.34. The Labute approximate surface area is 43.6 Å². The molecule has 0 saturated heterocycles. The molecule has 0 rings (SSSR count). The summed E-state index contributed by atoms with van der Waals surface area (Å²) in [6.07, 6.45) is 0. The predicted octanol–water partition coefficient (Wildman–Crippen LogP) is 0.0270. The van der Waals surface area contributed by atoms with Gasteiger partial charge in [0.15, 0.2) is 0 Å². The Morgan fingerprint density at radius 2 is 2.50 bits per heavy atom. The highest BCUT2D eigenvalue weighted by molar-refractivity contribution is 7.81. The molecule has 1 atom stereocenters. The Kier molecular flexibility index (Phi) is 3.86. The highest BCUT2D eigenvalue weighted by Crippen LogP contribution is 1.78. The molecule has 3 nitrogen and oxygen atoms in total. The predicted molar refractivity (Wildman–Crippen MR) is 25.7 cm³/mol. The number of hydrogen-bond donors (Lipinski definition) is 2. The molecule has 0 aliphatic carbocycles. The average molecular weight is 128 g/mol. The minimum Gasteiger partial charge on any atom is -0.284 e. The summed E-state index contributed by atoms with van der Waals surface area (Å²) in [5, 5.41) is 0. The third kappa shape index (κ3) is 4.42. The van der Waals surface area contributed by atoms with Gasteiger partial charge in [0.25, 0.3) is 0 Å². The van der Waals surface area contributed by atoms with Gasteiger partial charge in [0, 0.05) is 0 Å². The summed E-state index contributed by atoms with van der Waals surface area (Å²) in [4.78, 5) is 0. The highest BCUT2D eigenvalue weighted by Gasteiger charge is 1.83. The van der Waals surface area contributed by atoms with E-state index in [4.69, 9.17) is 4.55 Å². The SMILES string of the molecule is O=S(O)OCS. The lowest BCUT2D eigenvalue weighted by Gasteiger charge is -1.84.